The second-order valence-corrected chi connectivity index (χ2v) is 3.43. The van der Waals surface area contributed by atoms with E-state index in [4.69, 9.17) is 11.6 Å². The molecule has 15 heavy (non-hydrogen) atoms. The van der Waals surface area contributed by atoms with Gasteiger partial charge in [-0.25, -0.2) is 0 Å². The molecule has 0 spiro atoms. The summed E-state index contributed by atoms with van der Waals surface area (Å²) < 4.78 is 0. The van der Waals surface area contributed by atoms with Crippen molar-refractivity contribution in [3.8, 4) is 0 Å². The Hall–Kier alpha value is -1.42. The number of hydrogen-bond donors (Lipinski definition) is 0. The van der Waals surface area contributed by atoms with Crippen molar-refractivity contribution in [1.29, 1.82) is 0 Å². The van der Waals surface area contributed by atoms with Crippen molar-refractivity contribution in [1.82, 2.24) is 0 Å². The average molecular weight is 228 g/mol. The number of rotatable bonds is 4. The molecule has 0 aromatic heterocycles. The van der Waals surface area contributed by atoms with Crippen molar-refractivity contribution in [3.63, 3.8) is 0 Å². The molecule has 1 aromatic carbocycles. The van der Waals surface area contributed by atoms with Crippen LogP contribution in [0.3, 0.4) is 0 Å². The Morgan fingerprint density at radius 1 is 1.60 bits per heavy atom. The number of nitro benzene ring substituents is 1. The van der Waals surface area contributed by atoms with Crippen LogP contribution in [-0.4, -0.2) is 11.2 Å². The molecule has 1 rings (SSSR count). The minimum absolute atomic E-state index is 0.0313. The van der Waals surface area contributed by atoms with E-state index in [0.717, 1.165) is 6.29 Å². The first-order chi connectivity index (χ1) is 7.11. The number of hydrogen-bond acceptors (Lipinski definition) is 3. The molecule has 5 heteroatoms. The molecule has 1 atom stereocenters. The summed E-state index contributed by atoms with van der Waals surface area (Å²) in [5.41, 5.74) is 1.01. The number of benzene rings is 1. The number of nitro groups is 1. The van der Waals surface area contributed by atoms with Gasteiger partial charge in [-0.1, -0.05) is 19.1 Å². The van der Waals surface area contributed by atoms with Crippen LogP contribution in [0, 0.1) is 10.1 Å². The zero-order valence-corrected chi connectivity index (χ0v) is 8.90. The van der Waals surface area contributed by atoms with Crippen LogP contribution >= 0.6 is 11.6 Å². The van der Waals surface area contributed by atoms with Gasteiger partial charge >= 0.3 is 0 Å². The van der Waals surface area contributed by atoms with Gasteiger partial charge in [0.05, 0.1) is 10.8 Å². The van der Waals surface area contributed by atoms with Gasteiger partial charge in [0.15, 0.2) is 0 Å². The lowest BCUT2D eigenvalue weighted by Crippen LogP contribution is -2.02. The third kappa shape index (κ3) is 2.33. The van der Waals surface area contributed by atoms with Crippen molar-refractivity contribution < 1.29 is 9.72 Å². The highest BCUT2D eigenvalue weighted by molar-refractivity contribution is 6.17. The lowest BCUT2D eigenvalue weighted by molar-refractivity contribution is -0.385. The van der Waals surface area contributed by atoms with E-state index in [1.165, 1.54) is 6.07 Å². The van der Waals surface area contributed by atoms with Crippen LogP contribution in [-0.2, 0) is 10.7 Å². The number of carbonyl (C=O) groups excluding carboxylic acids is 1. The fourth-order valence-corrected chi connectivity index (χ4v) is 1.70. The Balaban J connectivity index is 3.34. The van der Waals surface area contributed by atoms with Gasteiger partial charge in [0, 0.05) is 17.5 Å². The summed E-state index contributed by atoms with van der Waals surface area (Å²) in [6.07, 6.45) is 0.745. The highest BCUT2D eigenvalue weighted by Crippen LogP contribution is 2.28. The van der Waals surface area contributed by atoms with E-state index in [9.17, 15) is 14.9 Å². The first-order valence-corrected chi connectivity index (χ1v) is 4.92. The van der Waals surface area contributed by atoms with Crippen LogP contribution in [0.5, 0.6) is 0 Å². The predicted molar refractivity (Wildman–Crippen MR) is 57.1 cm³/mol. The molecular formula is C10H10ClNO3. The summed E-state index contributed by atoms with van der Waals surface area (Å²) in [7, 11) is 0. The van der Waals surface area contributed by atoms with E-state index in [1.807, 2.05) is 0 Å². The van der Waals surface area contributed by atoms with Crippen molar-refractivity contribution in [2.24, 2.45) is 0 Å². The summed E-state index contributed by atoms with van der Waals surface area (Å²) in [6.45, 7) is 1.68. The van der Waals surface area contributed by atoms with Gasteiger partial charge < -0.3 is 4.79 Å². The Bertz CT molecular complexity index is 392. The lowest BCUT2D eigenvalue weighted by Gasteiger charge is -2.09. The monoisotopic (exact) mass is 227 g/mol. The number of carbonyl (C=O) groups is 1. The van der Waals surface area contributed by atoms with E-state index in [2.05, 4.69) is 0 Å². The summed E-state index contributed by atoms with van der Waals surface area (Å²) >= 11 is 5.66. The Kier molecular flexibility index (Phi) is 3.80. The molecular weight excluding hydrogens is 218 g/mol. The molecule has 1 unspecified atom stereocenters. The van der Waals surface area contributed by atoms with Gasteiger partial charge in [-0.2, -0.15) is 0 Å². The predicted octanol–water partition coefficient (Wildman–Crippen LogP) is 2.64. The second-order valence-electron chi connectivity index (χ2n) is 3.16. The Morgan fingerprint density at radius 2 is 2.27 bits per heavy atom. The summed E-state index contributed by atoms with van der Waals surface area (Å²) in [4.78, 5) is 20.9. The molecule has 4 nitrogen and oxygen atoms in total. The number of alkyl halides is 1. The maximum absolute atomic E-state index is 10.7. The number of nitrogens with zero attached hydrogens (tertiary/aromatic N) is 1. The minimum atomic E-state index is -0.487. The molecule has 0 saturated heterocycles. The van der Waals surface area contributed by atoms with Crippen molar-refractivity contribution >= 4 is 23.6 Å². The van der Waals surface area contributed by atoms with Gasteiger partial charge in [0.1, 0.15) is 6.29 Å². The van der Waals surface area contributed by atoms with E-state index < -0.39 is 4.92 Å². The van der Waals surface area contributed by atoms with Gasteiger partial charge in [-0.15, -0.1) is 11.6 Å². The maximum atomic E-state index is 10.7. The molecule has 0 radical (unpaired) electrons. The van der Waals surface area contributed by atoms with E-state index in [0.29, 0.717) is 11.1 Å². The van der Waals surface area contributed by atoms with Crippen LogP contribution in [0.15, 0.2) is 18.2 Å². The molecule has 0 aliphatic heterocycles. The van der Waals surface area contributed by atoms with Gasteiger partial charge in [0.25, 0.3) is 5.69 Å². The first kappa shape index (κ1) is 11.7. The topological polar surface area (TPSA) is 60.2 Å². The van der Waals surface area contributed by atoms with Crippen LogP contribution in [0.4, 0.5) is 5.69 Å². The van der Waals surface area contributed by atoms with Crippen molar-refractivity contribution in [3.05, 3.63) is 39.4 Å². The van der Waals surface area contributed by atoms with Crippen molar-refractivity contribution in [2.75, 3.05) is 0 Å². The van der Waals surface area contributed by atoms with Gasteiger partial charge in [-0.05, 0) is 5.56 Å². The zero-order valence-electron chi connectivity index (χ0n) is 8.14. The zero-order chi connectivity index (χ0) is 11.4. The second kappa shape index (κ2) is 4.89. The van der Waals surface area contributed by atoms with Gasteiger partial charge in [0.2, 0.25) is 0 Å². The summed E-state index contributed by atoms with van der Waals surface area (Å²) in [5.74, 6) is -0.344. The van der Waals surface area contributed by atoms with Gasteiger partial charge in [-0.3, -0.25) is 10.1 Å². The number of aldehydes is 1. The normalized spacial score (nSPS) is 12.1. The molecule has 1 aromatic rings. The minimum Gasteiger partial charge on any atom is -0.303 e. The summed E-state index contributed by atoms with van der Waals surface area (Å²) in [6, 6.07) is 4.63. The van der Waals surface area contributed by atoms with Crippen LogP contribution in [0.1, 0.15) is 24.0 Å². The molecule has 0 N–H and O–H groups in total. The third-order valence-electron chi connectivity index (χ3n) is 2.21. The van der Waals surface area contributed by atoms with Crippen LogP contribution < -0.4 is 0 Å². The molecule has 0 aliphatic rings. The van der Waals surface area contributed by atoms with E-state index in [-0.39, 0.29) is 17.5 Å². The maximum Gasteiger partial charge on any atom is 0.274 e. The molecule has 0 amide bonds. The van der Waals surface area contributed by atoms with E-state index in [1.54, 1.807) is 19.1 Å². The van der Waals surface area contributed by atoms with Crippen molar-refractivity contribution in [2.45, 2.75) is 18.7 Å². The molecule has 0 fully saturated rings. The fourth-order valence-electron chi connectivity index (χ4n) is 1.41. The Labute approximate surface area is 92.0 Å². The highest BCUT2D eigenvalue weighted by atomic mass is 35.5. The molecule has 0 saturated carbocycles. The van der Waals surface area contributed by atoms with Crippen LogP contribution in [0.25, 0.3) is 0 Å². The summed E-state index contributed by atoms with van der Waals surface area (Å²) in [5, 5.41) is 10.7. The smallest absolute Gasteiger partial charge is 0.274 e. The highest BCUT2D eigenvalue weighted by Gasteiger charge is 2.19. The largest absolute Gasteiger partial charge is 0.303 e. The Morgan fingerprint density at radius 3 is 2.73 bits per heavy atom. The standard InChI is InChI=1S/C10H10ClNO3/c1-7(6-13)8-3-2-4-10(12(14)15)9(8)5-11/h2-4,6-7H,5H2,1H3. The SMILES string of the molecule is CC(C=O)c1cccc([N+](=O)[O-])c1CCl. The fraction of sp³-hybridized carbons (Fsp3) is 0.300. The molecule has 80 valence electrons. The number of halogens is 1. The lowest BCUT2D eigenvalue weighted by atomic mass is 9.96. The average Bonchev–Trinajstić information content (AvgIpc) is 2.26. The van der Waals surface area contributed by atoms with E-state index >= 15 is 0 Å². The third-order valence-corrected chi connectivity index (χ3v) is 2.48. The first-order valence-electron chi connectivity index (χ1n) is 4.39. The van der Waals surface area contributed by atoms with Crippen LogP contribution in [0.2, 0.25) is 0 Å². The molecule has 0 bridgehead atoms. The molecule has 0 heterocycles. The molecule has 0 aliphatic carbocycles. The quantitative estimate of drug-likeness (QED) is 0.344.